The highest BCUT2D eigenvalue weighted by atomic mass is 19.1. The van der Waals surface area contributed by atoms with E-state index in [0.29, 0.717) is 18.1 Å². The minimum atomic E-state index is -0.497. The fraction of sp³-hybridized carbons (Fsp3) is 0.605. The maximum atomic E-state index is 14.3. The molecule has 0 radical (unpaired) electrons. The third-order valence-electron chi connectivity index (χ3n) is 11.3. The van der Waals surface area contributed by atoms with Crippen LogP contribution in [0.5, 0.6) is 17.2 Å². The van der Waals surface area contributed by atoms with Gasteiger partial charge in [-0.1, -0.05) is 34.6 Å². The standard InChI is InChI=1S/C41H55FN8O4.C2H6/c1-7-50(27(2)3)38(51)31-17-28(42)9-10-34(31)54-36-20-43-26-45-37(36)49-24-41(25-49)18-30(19-41)53-35-11-13-44-33-12-16-47(23-32(33)35)14-8-15-48-21-29(22-48)46-39(52)40(4,5)6;1-2/h9-11,13,17,20,26-27,29-30H,7-8,12,14-16,18-19,21-25H2,1-6H3,(H,46,52);1-2H3. The Bertz CT molecular complexity index is 1830. The number of rotatable bonds is 13. The van der Waals surface area contributed by atoms with E-state index >= 15 is 0 Å². The van der Waals surface area contributed by atoms with Crippen LogP contribution < -0.4 is 19.7 Å². The topological polar surface area (TPSA) is 116 Å². The molecule has 56 heavy (non-hydrogen) atoms. The molecular weight excluding hydrogens is 712 g/mol. The molecule has 7 rings (SSSR count). The maximum Gasteiger partial charge on any atom is 0.257 e. The van der Waals surface area contributed by atoms with Crippen LogP contribution in [0.4, 0.5) is 10.2 Å². The molecule has 2 amide bonds. The SMILES string of the molecule is CC.CCN(C(=O)c1cc(F)ccc1Oc1cncnc1N1CC2(CC(Oc3ccnc4c3CN(CCCN3CC(NC(=O)C(C)(C)C)C3)CC4)C2)C1)C(C)C. The monoisotopic (exact) mass is 772 g/mol. The lowest BCUT2D eigenvalue weighted by molar-refractivity contribution is -0.130. The number of aromatic nitrogens is 3. The Morgan fingerprint density at radius 3 is 2.46 bits per heavy atom. The number of hydrogen-bond donors (Lipinski definition) is 1. The fourth-order valence-corrected chi connectivity index (χ4v) is 8.27. The molecule has 2 saturated heterocycles. The molecule has 0 atom stereocenters. The molecule has 3 fully saturated rings. The highest BCUT2D eigenvalue weighted by Crippen LogP contribution is 2.52. The van der Waals surface area contributed by atoms with Gasteiger partial charge in [0.05, 0.1) is 17.8 Å². The Balaban J connectivity index is 0.00000262. The van der Waals surface area contributed by atoms with Crippen LogP contribution in [0.15, 0.2) is 43.0 Å². The van der Waals surface area contributed by atoms with Crippen molar-refractivity contribution in [3.63, 3.8) is 0 Å². The van der Waals surface area contributed by atoms with Gasteiger partial charge in [0.2, 0.25) is 5.91 Å². The summed E-state index contributed by atoms with van der Waals surface area (Å²) in [4.78, 5) is 47.9. The number of nitrogens with zero attached hydrogens (tertiary/aromatic N) is 7. The summed E-state index contributed by atoms with van der Waals surface area (Å²) >= 11 is 0. The number of pyridine rings is 1. The zero-order valence-electron chi connectivity index (χ0n) is 34.6. The van der Waals surface area contributed by atoms with Crippen molar-refractivity contribution < 1.29 is 23.5 Å². The number of amides is 2. The molecule has 3 aliphatic heterocycles. The molecular formula is C43H61FN8O4. The lowest BCUT2D eigenvalue weighted by atomic mass is 9.61. The largest absolute Gasteiger partial charge is 0.490 e. The first kappa shape index (κ1) is 41.3. The summed E-state index contributed by atoms with van der Waals surface area (Å²) in [7, 11) is 0. The minimum Gasteiger partial charge on any atom is -0.490 e. The molecule has 1 spiro atoms. The molecule has 1 aromatic carbocycles. The van der Waals surface area contributed by atoms with Gasteiger partial charge in [-0.05, 0) is 77.4 Å². The second-order valence-corrected chi connectivity index (χ2v) is 16.9. The van der Waals surface area contributed by atoms with Gasteiger partial charge in [-0.15, -0.1) is 0 Å². The van der Waals surface area contributed by atoms with Crippen LogP contribution in [-0.4, -0.2) is 112 Å². The molecule has 304 valence electrons. The second-order valence-electron chi connectivity index (χ2n) is 16.9. The highest BCUT2D eigenvalue weighted by Gasteiger charge is 2.54. The minimum absolute atomic E-state index is 0.0444. The Kier molecular flexibility index (Phi) is 12.8. The normalized spacial score (nSPS) is 18.2. The molecule has 2 aromatic heterocycles. The van der Waals surface area contributed by atoms with Crippen LogP contribution in [0.25, 0.3) is 0 Å². The Morgan fingerprint density at radius 2 is 1.77 bits per heavy atom. The van der Waals surface area contributed by atoms with Crippen LogP contribution in [-0.2, 0) is 17.8 Å². The van der Waals surface area contributed by atoms with Gasteiger partial charge in [0, 0.05) is 86.6 Å². The number of fused-ring (bicyclic) bond motifs is 1. The average Bonchev–Trinajstić information content (AvgIpc) is 3.12. The van der Waals surface area contributed by atoms with Crippen molar-refractivity contribution in [1.29, 1.82) is 0 Å². The lowest BCUT2D eigenvalue weighted by Crippen LogP contribution is -2.65. The van der Waals surface area contributed by atoms with Gasteiger partial charge in [-0.3, -0.25) is 24.4 Å². The number of carbonyl (C=O) groups excluding carboxylic acids is 2. The number of nitrogens with one attached hydrogen (secondary N) is 1. The van der Waals surface area contributed by atoms with Gasteiger partial charge in [0.1, 0.15) is 29.7 Å². The van der Waals surface area contributed by atoms with E-state index in [0.717, 1.165) is 89.5 Å². The Labute approximate surface area is 332 Å². The molecule has 0 bridgehead atoms. The van der Waals surface area contributed by atoms with Gasteiger partial charge in [-0.25, -0.2) is 14.4 Å². The molecule has 0 unspecified atom stereocenters. The predicted molar refractivity (Wildman–Crippen MR) is 216 cm³/mol. The van der Waals surface area contributed by atoms with E-state index in [4.69, 9.17) is 14.5 Å². The molecule has 1 N–H and O–H groups in total. The van der Waals surface area contributed by atoms with E-state index < -0.39 is 5.82 Å². The van der Waals surface area contributed by atoms with Gasteiger partial charge in [0.25, 0.3) is 5.91 Å². The summed E-state index contributed by atoms with van der Waals surface area (Å²) in [6.07, 6.45) is 9.04. The van der Waals surface area contributed by atoms with Crippen molar-refractivity contribution >= 4 is 17.6 Å². The Morgan fingerprint density at radius 1 is 1.04 bits per heavy atom. The summed E-state index contributed by atoms with van der Waals surface area (Å²) in [5.74, 6) is 1.66. The number of hydrogen-bond acceptors (Lipinski definition) is 10. The Hall–Kier alpha value is -4.36. The van der Waals surface area contributed by atoms with Crippen LogP contribution in [0.2, 0.25) is 0 Å². The van der Waals surface area contributed by atoms with Crippen LogP contribution in [0.3, 0.4) is 0 Å². The number of anilines is 1. The van der Waals surface area contributed by atoms with Gasteiger partial charge < -0.3 is 24.6 Å². The molecule has 1 saturated carbocycles. The van der Waals surface area contributed by atoms with Crippen molar-refractivity contribution in [3.8, 4) is 17.2 Å². The third kappa shape index (κ3) is 9.26. The zero-order valence-corrected chi connectivity index (χ0v) is 34.6. The quantitative estimate of drug-likeness (QED) is 0.211. The summed E-state index contributed by atoms with van der Waals surface area (Å²) in [6.45, 7) is 23.5. The summed E-state index contributed by atoms with van der Waals surface area (Å²) < 4.78 is 27.3. The van der Waals surface area contributed by atoms with Crippen molar-refractivity contribution in [2.45, 2.75) is 106 Å². The molecule has 12 nitrogen and oxygen atoms in total. The number of likely N-dealkylation sites (tertiary alicyclic amines) is 1. The van der Waals surface area contributed by atoms with Gasteiger partial charge >= 0.3 is 0 Å². The van der Waals surface area contributed by atoms with Crippen molar-refractivity contribution in [1.82, 2.24) is 35.0 Å². The third-order valence-corrected chi connectivity index (χ3v) is 11.3. The van der Waals surface area contributed by atoms with Gasteiger partial charge in [-0.2, -0.15) is 0 Å². The molecule has 5 heterocycles. The predicted octanol–water partition coefficient (Wildman–Crippen LogP) is 6.34. The first-order valence-electron chi connectivity index (χ1n) is 20.5. The van der Waals surface area contributed by atoms with E-state index in [-0.39, 0.29) is 52.1 Å². The second kappa shape index (κ2) is 17.4. The molecule has 4 aliphatic rings. The smallest absolute Gasteiger partial charge is 0.257 e. The van der Waals surface area contributed by atoms with Crippen molar-refractivity contribution in [2.75, 3.05) is 57.3 Å². The van der Waals surface area contributed by atoms with Crippen LogP contribution >= 0.6 is 0 Å². The highest BCUT2D eigenvalue weighted by molar-refractivity contribution is 5.97. The summed E-state index contributed by atoms with van der Waals surface area (Å²) in [6, 6.07) is 6.27. The number of benzene rings is 1. The first-order chi connectivity index (χ1) is 26.8. The average molecular weight is 773 g/mol. The van der Waals surface area contributed by atoms with Crippen LogP contribution in [0.1, 0.15) is 96.3 Å². The number of halogens is 1. The molecule has 3 aromatic rings. The molecule has 1 aliphatic carbocycles. The van der Waals surface area contributed by atoms with E-state index in [1.165, 1.54) is 30.1 Å². The summed E-state index contributed by atoms with van der Waals surface area (Å²) in [5.41, 5.74) is 2.32. The zero-order chi connectivity index (χ0) is 40.2. The van der Waals surface area contributed by atoms with Crippen molar-refractivity contribution in [3.05, 3.63) is 65.6 Å². The van der Waals surface area contributed by atoms with E-state index in [2.05, 4.69) is 30.0 Å². The van der Waals surface area contributed by atoms with Crippen molar-refractivity contribution in [2.24, 2.45) is 10.8 Å². The number of carbonyl (C=O) groups is 2. The first-order valence-corrected chi connectivity index (χ1v) is 20.5. The van der Waals surface area contributed by atoms with Crippen LogP contribution in [0, 0.1) is 16.6 Å². The van der Waals surface area contributed by atoms with E-state index in [1.807, 2.05) is 67.7 Å². The fourth-order valence-electron chi connectivity index (χ4n) is 8.27. The molecule has 13 heteroatoms. The van der Waals surface area contributed by atoms with E-state index in [1.54, 1.807) is 11.1 Å². The van der Waals surface area contributed by atoms with Gasteiger partial charge in [0.15, 0.2) is 11.6 Å². The summed E-state index contributed by atoms with van der Waals surface area (Å²) in [5, 5.41) is 3.17. The van der Waals surface area contributed by atoms with E-state index in [9.17, 15) is 14.0 Å². The maximum absolute atomic E-state index is 14.3. The lowest BCUT2D eigenvalue weighted by Gasteiger charge is -2.59. The number of ether oxygens (including phenoxy) is 2.